The van der Waals surface area contributed by atoms with Crippen molar-refractivity contribution in [2.24, 2.45) is 5.16 Å². The predicted molar refractivity (Wildman–Crippen MR) is 87.9 cm³/mol. The lowest BCUT2D eigenvalue weighted by atomic mass is 10.0. The zero-order valence-electron chi connectivity index (χ0n) is 13.1. The summed E-state index contributed by atoms with van der Waals surface area (Å²) in [6.07, 6.45) is -0.563. The molecule has 0 bridgehead atoms. The SMILES string of the molecule is C/C(=N/OC(=O)NCc1ccccc1)c1ccc(C)c(C)c1. The van der Waals surface area contributed by atoms with Crippen molar-refractivity contribution in [1.29, 1.82) is 0 Å². The van der Waals surface area contributed by atoms with Crippen LogP contribution >= 0.6 is 0 Å². The number of nitrogens with zero attached hydrogens (tertiary/aromatic N) is 1. The third kappa shape index (κ3) is 4.45. The van der Waals surface area contributed by atoms with E-state index in [1.54, 1.807) is 0 Å². The lowest BCUT2D eigenvalue weighted by Crippen LogP contribution is -2.22. The first kappa shape index (κ1) is 15.8. The first-order valence-electron chi connectivity index (χ1n) is 7.17. The van der Waals surface area contributed by atoms with Crippen molar-refractivity contribution in [2.45, 2.75) is 27.3 Å². The van der Waals surface area contributed by atoms with Crippen LogP contribution in [0.4, 0.5) is 4.79 Å². The van der Waals surface area contributed by atoms with Gasteiger partial charge in [-0.15, -0.1) is 0 Å². The van der Waals surface area contributed by atoms with Gasteiger partial charge in [0.2, 0.25) is 0 Å². The van der Waals surface area contributed by atoms with E-state index in [1.807, 2.05) is 62.4 Å². The molecule has 0 aliphatic heterocycles. The maximum atomic E-state index is 11.6. The molecule has 0 atom stereocenters. The predicted octanol–water partition coefficient (Wildman–Crippen LogP) is 3.95. The van der Waals surface area contributed by atoms with Crippen molar-refractivity contribution < 1.29 is 9.63 Å². The van der Waals surface area contributed by atoms with Crippen LogP contribution in [0.15, 0.2) is 53.7 Å². The van der Waals surface area contributed by atoms with Crippen molar-refractivity contribution in [3.63, 3.8) is 0 Å². The summed E-state index contributed by atoms with van der Waals surface area (Å²) < 4.78 is 0. The number of nitrogens with one attached hydrogen (secondary N) is 1. The molecule has 0 fully saturated rings. The number of aryl methyl sites for hydroxylation is 2. The Morgan fingerprint density at radius 1 is 1.09 bits per heavy atom. The van der Waals surface area contributed by atoms with Gasteiger partial charge in [-0.3, -0.25) is 4.84 Å². The highest BCUT2D eigenvalue weighted by Crippen LogP contribution is 2.11. The van der Waals surface area contributed by atoms with Crippen molar-refractivity contribution in [3.8, 4) is 0 Å². The van der Waals surface area contributed by atoms with Gasteiger partial charge < -0.3 is 5.32 Å². The molecule has 0 aliphatic carbocycles. The van der Waals surface area contributed by atoms with Crippen LogP contribution in [-0.2, 0) is 11.4 Å². The average Bonchev–Trinajstić information content (AvgIpc) is 2.54. The van der Waals surface area contributed by atoms with E-state index in [-0.39, 0.29) is 0 Å². The molecule has 0 unspecified atom stereocenters. The first-order chi connectivity index (χ1) is 10.6. The van der Waals surface area contributed by atoms with E-state index in [2.05, 4.69) is 17.4 Å². The number of benzene rings is 2. The van der Waals surface area contributed by atoms with Gasteiger partial charge in [0.1, 0.15) is 0 Å². The van der Waals surface area contributed by atoms with E-state index in [0.717, 1.165) is 11.1 Å². The minimum absolute atomic E-state index is 0.415. The molecule has 114 valence electrons. The molecule has 0 saturated heterocycles. The molecule has 2 rings (SSSR count). The first-order valence-corrected chi connectivity index (χ1v) is 7.17. The van der Waals surface area contributed by atoms with E-state index in [0.29, 0.717) is 12.3 Å². The van der Waals surface area contributed by atoms with Crippen molar-refractivity contribution in [2.75, 3.05) is 0 Å². The second kappa shape index (κ2) is 7.41. The second-order valence-electron chi connectivity index (χ2n) is 5.19. The molecule has 2 aromatic rings. The van der Waals surface area contributed by atoms with Gasteiger partial charge in [-0.05, 0) is 49.1 Å². The van der Waals surface area contributed by atoms with E-state index < -0.39 is 6.09 Å². The zero-order valence-corrected chi connectivity index (χ0v) is 13.1. The lowest BCUT2D eigenvalue weighted by Gasteiger charge is -2.06. The second-order valence-corrected chi connectivity index (χ2v) is 5.19. The van der Waals surface area contributed by atoms with E-state index >= 15 is 0 Å². The van der Waals surface area contributed by atoms with Crippen LogP contribution < -0.4 is 5.32 Å². The fraction of sp³-hybridized carbons (Fsp3) is 0.222. The molecular formula is C18H20N2O2. The smallest absolute Gasteiger partial charge is 0.316 e. The Bertz CT molecular complexity index is 679. The van der Waals surface area contributed by atoms with Crippen LogP contribution in [-0.4, -0.2) is 11.8 Å². The number of rotatable bonds is 4. The maximum Gasteiger partial charge on any atom is 0.433 e. The normalized spacial score (nSPS) is 11.1. The van der Waals surface area contributed by atoms with Gasteiger partial charge in [0.05, 0.1) is 5.71 Å². The fourth-order valence-electron chi connectivity index (χ4n) is 1.93. The largest absolute Gasteiger partial charge is 0.433 e. The summed E-state index contributed by atoms with van der Waals surface area (Å²) in [5.41, 5.74) is 5.02. The molecule has 0 aliphatic rings. The molecule has 0 saturated carbocycles. The Labute approximate surface area is 130 Å². The van der Waals surface area contributed by atoms with Crippen LogP contribution in [0, 0.1) is 13.8 Å². The van der Waals surface area contributed by atoms with Crippen molar-refractivity contribution in [1.82, 2.24) is 5.32 Å². The number of carbonyl (C=O) groups is 1. The van der Waals surface area contributed by atoms with Crippen LogP contribution in [0.25, 0.3) is 0 Å². The van der Waals surface area contributed by atoms with Crippen LogP contribution in [0.2, 0.25) is 0 Å². The van der Waals surface area contributed by atoms with Gasteiger partial charge in [-0.25, -0.2) is 4.79 Å². The van der Waals surface area contributed by atoms with Gasteiger partial charge in [0.15, 0.2) is 0 Å². The van der Waals surface area contributed by atoms with E-state index in [1.165, 1.54) is 11.1 Å². The standard InChI is InChI=1S/C18H20N2O2/c1-13-9-10-17(11-14(13)2)15(3)20-22-18(21)19-12-16-7-5-4-6-8-16/h4-11H,12H2,1-3H3,(H,19,21)/b20-15-. The van der Waals surface area contributed by atoms with Crippen LogP contribution in [0.5, 0.6) is 0 Å². The molecule has 1 N–H and O–H groups in total. The average molecular weight is 296 g/mol. The molecule has 0 spiro atoms. The molecule has 2 aromatic carbocycles. The minimum Gasteiger partial charge on any atom is -0.316 e. The minimum atomic E-state index is -0.563. The monoisotopic (exact) mass is 296 g/mol. The third-order valence-corrected chi connectivity index (χ3v) is 3.47. The highest BCUT2D eigenvalue weighted by atomic mass is 16.7. The molecule has 22 heavy (non-hydrogen) atoms. The van der Waals surface area contributed by atoms with E-state index in [4.69, 9.17) is 4.84 Å². The highest BCUT2D eigenvalue weighted by molar-refractivity contribution is 5.98. The molecule has 0 heterocycles. The van der Waals surface area contributed by atoms with Gasteiger partial charge >= 0.3 is 6.09 Å². The van der Waals surface area contributed by atoms with E-state index in [9.17, 15) is 4.79 Å². The highest BCUT2D eigenvalue weighted by Gasteiger charge is 2.04. The molecule has 0 radical (unpaired) electrons. The van der Waals surface area contributed by atoms with Crippen molar-refractivity contribution >= 4 is 11.8 Å². The number of hydrogen-bond acceptors (Lipinski definition) is 3. The summed E-state index contributed by atoms with van der Waals surface area (Å²) in [5, 5.41) is 6.54. The number of hydrogen-bond donors (Lipinski definition) is 1. The Morgan fingerprint density at radius 2 is 1.82 bits per heavy atom. The molecule has 1 amide bonds. The Balaban J connectivity index is 1.90. The van der Waals surface area contributed by atoms with Gasteiger partial charge in [0.25, 0.3) is 0 Å². The van der Waals surface area contributed by atoms with Crippen LogP contribution in [0.3, 0.4) is 0 Å². The van der Waals surface area contributed by atoms with Gasteiger partial charge in [-0.1, -0.05) is 47.6 Å². The topological polar surface area (TPSA) is 50.7 Å². The summed E-state index contributed by atoms with van der Waals surface area (Å²) in [6.45, 7) is 6.32. The van der Waals surface area contributed by atoms with Crippen LogP contribution in [0.1, 0.15) is 29.2 Å². The summed E-state index contributed by atoms with van der Waals surface area (Å²) in [7, 11) is 0. The molecule has 4 heteroatoms. The fourth-order valence-corrected chi connectivity index (χ4v) is 1.93. The summed E-state index contributed by atoms with van der Waals surface area (Å²) in [6, 6.07) is 15.7. The Kier molecular flexibility index (Phi) is 5.31. The Morgan fingerprint density at radius 3 is 2.50 bits per heavy atom. The quantitative estimate of drug-likeness (QED) is 0.527. The molecular weight excluding hydrogens is 276 g/mol. The summed E-state index contributed by atoms with van der Waals surface area (Å²) in [4.78, 5) is 16.5. The van der Waals surface area contributed by atoms with Crippen molar-refractivity contribution in [3.05, 3.63) is 70.8 Å². The molecule has 4 nitrogen and oxygen atoms in total. The molecule has 0 aromatic heterocycles. The number of carbonyl (C=O) groups excluding carboxylic acids is 1. The third-order valence-electron chi connectivity index (χ3n) is 3.47. The summed E-state index contributed by atoms with van der Waals surface area (Å²) in [5.74, 6) is 0. The lowest BCUT2D eigenvalue weighted by molar-refractivity contribution is 0.150. The number of oxime groups is 1. The zero-order chi connectivity index (χ0) is 15.9. The Hall–Kier alpha value is -2.62. The van der Waals surface area contributed by atoms with Gasteiger partial charge in [0, 0.05) is 6.54 Å². The number of amides is 1. The van der Waals surface area contributed by atoms with Gasteiger partial charge in [-0.2, -0.15) is 0 Å². The maximum absolute atomic E-state index is 11.6. The summed E-state index contributed by atoms with van der Waals surface area (Å²) >= 11 is 0.